The molecule has 80 valence electrons. The number of aliphatic carboxylic acids is 1. The van der Waals surface area contributed by atoms with Crippen molar-refractivity contribution in [2.24, 2.45) is 5.92 Å². The third-order valence-corrected chi connectivity index (χ3v) is 2.83. The van der Waals surface area contributed by atoms with Crippen LogP contribution in [-0.2, 0) is 4.79 Å². The van der Waals surface area contributed by atoms with Crippen LogP contribution in [-0.4, -0.2) is 21.8 Å². The van der Waals surface area contributed by atoms with E-state index in [1.807, 2.05) is 13.0 Å². The first-order valence-electron chi connectivity index (χ1n) is 5.23. The summed E-state index contributed by atoms with van der Waals surface area (Å²) in [4.78, 5) is 11.0. The van der Waals surface area contributed by atoms with Crippen molar-refractivity contribution >= 4 is 5.97 Å². The second-order valence-corrected chi connectivity index (χ2v) is 3.97. The van der Waals surface area contributed by atoms with Gasteiger partial charge in [-0.05, 0) is 25.7 Å². The average Bonchev–Trinajstić information content (AvgIpc) is 2.14. The topological polar surface area (TPSA) is 57.5 Å². The minimum atomic E-state index is -1.11. The lowest BCUT2D eigenvalue weighted by atomic mass is 9.78. The number of carboxylic acid groups (broad SMARTS) is 1. The van der Waals surface area contributed by atoms with Gasteiger partial charge in [0.1, 0.15) is 0 Å². The van der Waals surface area contributed by atoms with Crippen LogP contribution in [0.25, 0.3) is 0 Å². The van der Waals surface area contributed by atoms with Gasteiger partial charge in [-0.25, -0.2) is 0 Å². The molecule has 0 aromatic rings. The monoisotopic (exact) mass is 198 g/mol. The Balaban J connectivity index is 2.79. The van der Waals surface area contributed by atoms with Gasteiger partial charge in [0.15, 0.2) is 0 Å². The van der Waals surface area contributed by atoms with Crippen molar-refractivity contribution in [2.75, 3.05) is 0 Å². The van der Waals surface area contributed by atoms with Crippen molar-refractivity contribution in [1.82, 2.24) is 0 Å². The quantitative estimate of drug-likeness (QED) is 0.679. The molecule has 1 aliphatic carbocycles. The molecule has 0 heterocycles. The zero-order valence-electron chi connectivity index (χ0n) is 8.57. The van der Waals surface area contributed by atoms with Crippen molar-refractivity contribution < 1.29 is 15.0 Å². The molecule has 1 rings (SSSR count). The van der Waals surface area contributed by atoms with E-state index in [0.717, 1.165) is 19.3 Å². The van der Waals surface area contributed by atoms with Crippen LogP contribution in [0.2, 0.25) is 0 Å². The van der Waals surface area contributed by atoms with Gasteiger partial charge in [-0.15, -0.1) is 0 Å². The third kappa shape index (κ3) is 2.35. The van der Waals surface area contributed by atoms with E-state index in [0.29, 0.717) is 12.8 Å². The van der Waals surface area contributed by atoms with Crippen molar-refractivity contribution in [3.05, 3.63) is 12.2 Å². The van der Waals surface area contributed by atoms with E-state index in [1.165, 1.54) is 0 Å². The van der Waals surface area contributed by atoms with Gasteiger partial charge in [0.25, 0.3) is 0 Å². The SMILES string of the molecule is CCCC(C(=O)O)C1(O)C=CCCC1. The van der Waals surface area contributed by atoms with Gasteiger partial charge < -0.3 is 10.2 Å². The molecule has 2 unspecified atom stereocenters. The summed E-state index contributed by atoms with van der Waals surface area (Å²) < 4.78 is 0. The first kappa shape index (κ1) is 11.2. The van der Waals surface area contributed by atoms with Crippen molar-refractivity contribution in [1.29, 1.82) is 0 Å². The molecule has 0 amide bonds. The van der Waals surface area contributed by atoms with E-state index in [4.69, 9.17) is 5.11 Å². The summed E-state index contributed by atoms with van der Waals surface area (Å²) in [5.41, 5.74) is -1.11. The fraction of sp³-hybridized carbons (Fsp3) is 0.727. The lowest BCUT2D eigenvalue weighted by Gasteiger charge is -2.33. The van der Waals surface area contributed by atoms with Crippen molar-refractivity contribution in [3.63, 3.8) is 0 Å². The summed E-state index contributed by atoms with van der Waals surface area (Å²) in [5, 5.41) is 19.2. The third-order valence-electron chi connectivity index (χ3n) is 2.83. The fourth-order valence-electron chi connectivity index (χ4n) is 2.04. The van der Waals surface area contributed by atoms with Crippen LogP contribution in [0.15, 0.2) is 12.2 Å². The van der Waals surface area contributed by atoms with Crippen LogP contribution < -0.4 is 0 Å². The highest BCUT2D eigenvalue weighted by molar-refractivity contribution is 5.72. The normalized spacial score (nSPS) is 28.7. The van der Waals surface area contributed by atoms with E-state index < -0.39 is 17.5 Å². The van der Waals surface area contributed by atoms with Crippen molar-refractivity contribution in [2.45, 2.75) is 44.6 Å². The van der Waals surface area contributed by atoms with Crippen molar-refractivity contribution in [3.8, 4) is 0 Å². The Morgan fingerprint density at radius 2 is 2.36 bits per heavy atom. The molecule has 1 aliphatic rings. The van der Waals surface area contributed by atoms with E-state index in [-0.39, 0.29) is 0 Å². The number of aliphatic hydroxyl groups is 1. The molecule has 14 heavy (non-hydrogen) atoms. The summed E-state index contributed by atoms with van der Waals surface area (Å²) in [5.74, 6) is -1.54. The van der Waals surface area contributed by atoms with E-state index in [2.05, 4.69) is 0 Å². The number of rotatable bonds is 4. The molecule has 0 radical (unpaired) electrons. The maximum absolute atomic E-state index is 11.0. The zero-order valence-corrected chi connectivity index (χ0v) is 8.57. The molecule has 2 N–H and O–H groups in total. The molecule has 0 bridgehead atoms. The molecule has 0 spiro atoms. The van der Waals surface area contributed by atoms with Crippen LogP contribution in [0.3, 0.4) is 0 Å². The maximum Gasteiger partial charge on any atom is 0.309 e. The van der Waals surface area contributed by atoms with Gasteiger partial charge >= 0.3 is 5.97 Å². The Kier molecular flexibility index (Phi) is 3.69. The second-order valence-electron chi connectivity index (χ2n) is 3.97. The van der Waals surface area contributed by atoms with Crippen LogP contribution >= 0.6 is 0 Å². The molecule has 3 heteroatoms. The van der Waals surface area contributed by atoms with Crippen LogP contribution in [0, 0.1) is 5.92 Å². The predicted molar refractivity (Wildman–Crippen MR) is 54.0 cm³/mol. The highest BCUT2D eigenvalue weighted by Crippen LogP contribution is 2.32. The number of carbonyl (C=O) groups is 1. The molecule has 3 nitrogen and oxygen atoms in total. The molecule has 0 saturated carbocycles. The Morgan fingerprint density at radius 3 is 2.79 bits per heavy atom. The molecule has 0 saturated heterocycles. The molecule has 0 aliphatic heterocycles. The molecule has 2 atom stereocenters. The predicted octanol–water partition coefficient (Wildman–Crippen LogP) is 1.96. The largest absolute Gasteiger partial charge is 0.481 e. The lowest BCUT2D eigenvalue weighted by Crippen LogP contribution is -2.41. The first-order valence-corrected chi connectivity index (χ1v) is 5.23. The number of hydrogen-bond donors (Lipinski definition) is 2. The number of allylic oxidation sites excluding steroid dienone is 1. The highest BCUT2D eigenvalue weighted by Gasteiger charge is 2.39. The van der Waals surface area contributed by atoms with Gasteiger partial charge in [-0.1, -0.05) is 25.5 Å². The van der Waals surface area contributed by atoms with Gasteiger partial charge in [-0.2, -0.15) is 0 Å². The van der Waals surface area contributed by atoms with Gasteiger partial charge in [0, 0.05) is 0 Å². The first-order chi connectivity index (χ1) is 6.60. The van der Waals surface area contributed by atoms with E-state index in [9.17, 15) is 9.90 Å². The summed E-state index contributed by atoms with van der Waals surface area (Å²) in [6, 6.07) is 0. The molecular formula is C11H18O3. The summed E-state index contributed by atoms with van der Waals surface area (Å²) in [7, 11) is 0. The maximum atomic E-state index is 11.0. The number of hydrogen-bond acceptors (Lipinski definition) is 2. The standard InChI is InChI=1S/C11H18O3/c1-2-6-9(10(12)13)11(14)7-4-3-5-8-11/h4,7,9,14H,2-3,5-6,8H2,1H3,(H,12,13). The smallest absolute Gasteiger partial charge is 0.309 e. The Bertz CT molecular complexity index is 235. The Hall–Kier alpha value is -0.830. The minimum Gasteiger partial charge on any atom is -0.481 e. The highest BCUT2D eigenvalue weighted by atomic mass is 16.4. The van der Waals surface area contributed by atoms with Crippen LogP contribution in [0.4, 0.5) is 0 Å². The number of carboxylic acids is 1. The summed E-state index contributed by atoms with van der Waals surface area (Å²) in [6.07, 6.45) is 7.27. The second kappa shape index (κ2) is 4.60. The van der Waals surface area contributed by atoms with Gasteiger partial charge in [0.05, 0.1) is 11.5 Å². The van der Waals surface area contributed by atoms with Crippen LogP contribution in [0.5, 0.6) is 0 Å². The van der Waals surface area contributed by atoms with Crippen LogP contribution in [0.1, 0.15) is 39.0 Å². The lowest BCUT2D eigenvalue weighted by molar-refractivity contribution is -0.150. The summed E-state index contributed by atoms with van der Waals surface area (Å²) in [6.45, 7) is 1.94. The van der Waals surface area contributed by atoms with Gasteiger partial charge in [0.2, 0.25) is 0 Å². The molecule has 0 fully saturated rings. The molecule has 0 aromatic carbocycles. The average molecular weight is 198 g/mol. The van der Waals surface area contributed by atoms with Gasteiger partial charge in [-0.3, -0.25) is 4.79 Å². The zero-order chi connectivity index (χ0) is 10.6. The minimum absolute atomic E-state index is 0.538. The van der Waals surface area contributed by atoms with E-state index in [1.54, 1.807) is 6.08 Å². The Morgan fingerprint density at radius 1 is 1.64 bits per heavy atom. The fourth-order valence-corrected chi connectivity index (χ4v) is 2.04. The summed E-state index contributed by atoms with van der Waals surface area (Å²) >= 11 is 0. The Labute approximate surface area is 84.4 Å². The van der Waals surface area contributed by atoms with E-state index >= 15 is 0 Å². The molecular weight excluding hydrogens is 180 g/mol. The molecule has 0 aromatic heterocycles.